The van der Waals surface area contributed by atoms with E-state index in [-0.39, 0.29) is 5.91 Å². The maximum absolute atomic E-state index is 11.5. The Balaban J connectivity index is 2.15. The third-order valence-electron chi connectivity index (χ3n) is 2.19. The number of thioether (sulfide) groups is 1. The zero-order valence-electron chi connectivity index (χ0n) is 10.4. The van der Waals surface area contributed by atoms with Gasteiger partial charge in [0.15, 0.2) is 0 Å². The molecule has 0 atom stereocenters. The quantitative estimate of drug-likeness (QED) is 0.590. The van der Waals surface area contributed by atoms with E-state index in [0.29, 0.717) is 23.9 Å². The van der Waals surface area contributed by atoms with E-state index in [1.807, 2.05) is 31.2 Å². The molecule has 0 saturated carbocycles. The molecule has 0 unspecified atom stereocenters. The second-order valence-corrected chi connectivity index (χ2v) is 5.04. The number of carbonyl (C=O) groups excluding carboxylic acids is 1. The van der Waals surface area contributed by atoms with Crippen LogP contribution < -0.4 is 5.32 Å². The van der Waals surface area contributed by atoms with Gasteiger partial charge in [0.2, 0.25) is 5.91 Å². The molecule has 1 rings (SSSR count). The summed E-state index contributed by atoms with van der Waals surface area (Å²) < 4.78 is 5.19. The predicted molar refractivity (Wildman–Crippen MR) is 76.3 cm³/mol. The van der Waals surface area contributed by atoms with Crippen molar-refractivity contribution < 1.29 is 9.53 Å². The van der Waals surface area contributed by atoms with Gasteiger partial charge in [0, 0.05) is 24.7 Å². The van der Waals surface area contributed by atoms with Crippen LogP contribution in [0.4, 0.5) is 0 Å². The summed E-state index contributed by atoms with van der Waals surface area (Å²) >= 11 is 7.45. The monoisotopic (exact) mass is 287 g/mol. The van der Waals surface area contributed by atoms with E-state index in [4.69, 9.17) is 16.3 Å². The van der Waals surface area contributed by atoms with Crippen molar-refractivity contribution in [1.82, 2.24) is 5.32 Å². The van der Waals surface area contributed by atoms with Crippen LogP contribution >= 0.6 is 23.4 Å². The first-order valence-electron chi connectivity index (χ1n) is 5.95. The summed E-state index contributed by atoms with van der Waals surface area (Å²) in [6.45, 7) is 4.02. The molecular formula is C13H18ClNO2S. The molecule has 0 spiro atoms. The van der Waals surface area contributed by atoms with Crippen LogP contribution in [-0.2, 0) is 9.53 Å². The topological polar surface area (TPSA) is 38.3 Å². The number of hydrogen-bond acceptors (Lipinski definition) is 3. The molecule has 0 fully saturated rings. The van der Waals surface area contributed by atoms with Gasteiger partial charge in [-0.3, -0.25) is 4.79 Å². The smallest absolute Gasteiger partial charge is 0.230 e. The maximum Gasteiger partial charge on any atom is 0.230 e. The minimum atomic E-state index is 0.0245. The van der Waals surface area contributed by atoms with Gasteiger partial charge >= 0.3 is 0 Å². The molecule has 0 heterocycles. The van der Waals surface area contributed by atoms with Gasteiger partial charge in [-0.25, -0.2) is 0 Å². The Morgan fingerprint density at radius 2 is 2.22 bits per heavy atom. The summed E-state index contributed by atoms with van der Waals surface area (Å²) in [5, 5.41) is 3.54. The second-order valence-electron chi connectivity index (χ2n) is 3.62. The summed E-state index contributed by atoms with van der Waals surface area (Å²) in [5.74, 6) is 0.412. The molecule has 0 aliphatic heterocycles. The first-order chi connectivity index (χ1) is 8.74. The highest BCUT2D eigenvalue weighted by Gasteiger charge is 2.04. The van der Waals surface area contributed by atoms with Crippen molar-refractivity contribution in [3.63, 3.8) is 0 Å². The Morgan fingerprint density at radius 1 is 1.44 bits per heavy atom. The number of rotatable bonds is 8. The molecule has 0 bridgehead atoms. The van der Waals surface area contributed by atoms with E-state index < -0.39 is 0 Å². The van der Waals surface area contributed by atoms with Crippen LogP contribution in [0.25, 0.3) is 0 Å². The average Bonchev–Trinajstić information content (AvgIpc) is 2.37. The molecule has 0 aliphatic rings. The fraction of sp³-hybridized carbons (Fsp3) is 0.462. The Hall–Kier alpha value is -0.710. The van der Waals surface area contributed by atoms with Gasteiger partial charge in [0.1, 0.15) is 0 Å². The van der Waals surface area contributed by atoms with Crippen molar-refractivity contribution in [2.24, 2.45) is 0 Å². The van der Waals surface area contributed by atoms with Crippen molar-refractivity contribution in [1.29, 1.82) is 0 Å². The van der Waals surface area contributed by atoms with Crippen molar-refractivity contribution in [2.75, 3.05) is 25.5 Å². The molecule has 0 aromatic heterocycles. The summed E-state index contributed by atoms with van der Waals surface area (Å²) in [7, 11) is 0. The summed E-state index contributed by atoms with van der Waals surface area (Å²) in [6.07, 6.45) is 0.844. The van der Waals surface area contributed by atoms with E-state index in [9.17, 15) is 4.79 Å². The highest BCUT2D eigenvalue weighted by atomic mass is 35.5. The third kappa shape index (κ3) is 6.28. The van der Waals surface area contributed by atoms with Gasteiger partial charge in [0.05, 0.1) is 10.8 Å². The first kappa shape index (κ1) is 15.3. The Labute approximate surface area is 117 Å². The van der Waals surface area contributed by atoms with E-state index in [1.165, 1.54) is 11.8 Å². The number of ether oxygens (including phenoxy) is 1. The lowest BCUT2D eigenvalue weighted by atomic mass is 10.4. The van der Waals surface area contributed by atoms with Gasteiger partial charge in [-0.1, -0.05) is 23.7 Å². The molecule has 100 valence electrons. The van der Waals surface area contributed by atoms with Crippen molar-refractivity contribution >= 4 is 29.3 Å². The summed E-state index contributed by atoms with van der Waals surface area (Å²) in [4.78, 5) is 12.5. The zero-order valence-corrected chi connectivity index (χ0v) is 12.0. The molecule has 1 amide bonds. The van der Waals surface area contributed by atoms with Gasteiger partial charge in [0.25, 0.3) is 0 Å². The van der Waals surface area contributed by atoms with Crippen molar-refractivity contribution in [2.45, 2.75) is 18.2 Å². The van der Waals surface area contributed by atoms with Crippen LogP contribution in [0.3, 0.4) is 0 Å². The number of benzene rings is 1. The standard InChI is InChI=1S/C13H18ClNO2S/c1-2-17-9-5-8-15-13(16)10-18-12-7-4-3-6-11(12)14/h3-4,6-7H,2,5,8-10H2,1H3,(H,15,16). The molecule has 0 radical (unpaired) electrons. The number of halogens is 1. The fourth-order valence-corrected chi connectivity index (χ4v) is 2.37. The molecule has 1 aromatic rings. The number of hydrogen-bond donors (Lipinski definition) is 1. The highest BCUT2D eigenvalue weighted by Crippen LogP contribution is 2.26. The molecule has 3 nitrogen and oxygen atoms in total. The largest absolute Gasteiger partial charge is 0.382 e. The Bertz CT molecular complexity index is 374. The third-order valence-corrected chi connectivity index (χ3v) is 3.70. The number of nitrogens with one attached hydrogen (secondary N) is 1. The Kier molecular flexibility index (Phi) is 7.89. The predicted octanol–water partition coefficient (Wildman–Crippen LogP) is 2.97. The molecule has 0 aliphatic carbocycles. The first-order valence-corrected chi connectivity index (χ1v) is 7.32. The Morgan fingerprint density at radius 3 is 2.94 bits per heavy atom. The van der Waals surface area contributed by atoms with Crippen molar-refractivity contribution in [3.05, 3.63) is 29.3 Å². The summed E-state index contributed by atoms with van der Waals surface area (Å²) in [6, 6.07) is 7.52. The van der Waals surface area contributed by atoms with E-state index in [1.54, 1.807) is 0 Å². The lowest BCUT2D eigenvalue weighted by Gasteiger charge is -2.06. The van der Waals surface area contributed by atoms with Gasteiger partial charge < -0.3 is 10.1 Å². The normalized spacial score (nSPS) is 10.3. The summed E-state index contributed by atoms with van der Waals surface area (Å²) in [5.41, 5.74) is 0. The van der Waals surface area contributed by atoms with Crippen LogP contribution in [-0.4, -0.2) is 31.4 Å². The molecule has 0 saturated heterocycles. The highest BCUT2D eigenvalue weighted by molar-refractivity contribution is 8.00. The van der Waals surface area contributed by atoms with E-state index in [0.717, 1.165) is 17.9 Å². The molecule has 18 heavy (non-hydrogen) atoms. The van der Waals surface area contributed by atoms with Gasteiger partial charge in [-0.2, -0.15) is 0 Å². The fourth-order valence-electron chi connectivity index (χ4n) is 1.30. The molecular weight excluding hydrogens is 270 g/mol. The van der Waals surface area contributed by atoms with E-state index in [2.05, 4.69) is 5.32 Å². The molecule has 5 heteroatoms. The van der Waals surface area contributed by atoms with E-state index >= 15 is 0 Å². The lowest BCUT2D eigenvalue weighted by molar-refractivity contribution is -0.118. The lowest BCUT2D eigenvalue weighted by Crippen LogP contribution is -2.26. The molecule has 1 N–H and O–H groups in total. The number of amides is 1. The van der Waals surface area contributed by atoms with Gasteiger partial charge in [-0.05, 0) is 25.5 Å². The molecule has 1 aromatic carbocycles. The number of carbonyl (C=O) groups is 1. The SMILES string of the molecule is CCOCCCNC(=O)CSc1ccccc1Cl. The van der Waals surface area contributed by atoms with Gasteiger partial charge in [-0.15, -0.1) is 11.8 Å². The second kappa shape index (κ2) is 9.25. The average molecular weight is 288 g/mol. The van der Waals surface area contributed by atoms with Crippen LogP contribution in [0, 0.1) is 0 Å². The van der Waals surface area contributed by atoms with Crippen LogP contribution in [0.5, 0.6) is 0 Å². The van der Waals surface area contributed by atoms with Crippen molar-refractivity contribution in [3.8, 4) is 0 Å². The zero-order chi connectivity index (χ0) is 13.2. The van der Waals surface area contributed by atoms with Crippen LogP contribution in [0.2, 0.25) is 5.02 Å². The van der Waals surface area contributed by atoms with Crippen LogP contribution in [0.1, 0.15) is 13.3 Å². The minimum absolute atomic E-state index is 0.0245. The maximum atomic E-state index is 11.5. The minimum Gasteiger partial charge on any atom is -0.382 e. The van der Waals surface area contributed by atoms with Crippen LogP contribution in [0.15, 0.2) is 29.2 Å².